The molecule has 0 saturated carbocycles. The largest absolute Gasteiger partial charge is 0.493 e. The number of methoxy groups -OCH3 is 1. The Balaban J connectivity index is 2.20. The van der Waals surface area contributed by atoms with Crippen molar-refractivity contribution in [3.8, 4) is 11.5 Å². The van der Waals surface area contributed by atoms with Gasteiger partial charge < -0.3 is 20.1 Å². The van der Waals surface area contributed by atoms with Crippen LogP contribution >= 0.6 is 0 Å². The van der Waals surface area contributed by atoms with E-state index in [0.717, 1.165) is 5.56 Å². The summed E-state index contributed by atoms with van der Waals surface area (Å²) in [6.07, 6.45) is 0. The van der Waals surface area contributed by atoms with Gasteiger partial charge in [0.05, 0.1) is 7.11 Å². The molecule has 0 fully saturated rings. The van der Waals surface area contributed by atoms with Crippen LogP contribution in [0, 0.1) is 6.92 Å². The summed E-state index contributed by atoms with van der Waals surface area (Å²) in [4.78, 5) is 14.1. The van der Waals surface area contributed by atoms with Crippen LogP contribution in [0.2, 0.25) is 0 Å². The van der Waals surface area contributed by atoms with Crippen molar-refractivity contribution >= 4 is 11.6 Å². The summed E-state index contributed by atoms with van der Waals surface area (Å²) in [5.41, 5.74) is 8.18. The second kappa shape index (κ2) is 7.83. The number of aryl methyl sites for hydroxylation is 1. The standard InChI is InChI=1S/C18H20F2N2O3/c1-11-4-6-13(21)9-14(11)17(23)22(2)10-12-5-7-15(24-3)16(8-12)25-18(19)20/h4-9,18H,10,21H2,1-3H3. The zero-order valence-electron chi connectivity index (χ0n) is 14.3. The second-order valence-electron chi connectivity index (χ2n) is 5.60. The number of nitrogens with two attached hydrogens (primary N) is 1. The van der Waals surface area contributed by atoms with E-state index >= 15 is 0 Å². The van der Waals surface area contributed by atoms with Crippen LogP contribution in [0.15, 0.2) is 36.4 Å². The lowest BCUT2D eigenvalue weighted by Gasteiger charge is -2.20. The number of ether oxygens (including phenoxy) is 2. The number of carbonyl (C=O) groups excluding carboxylic acids is 1. The molecule has 2 aromatic rings. The molecule has 0 aromatic heterocycles. The first-order valence-corrected chi connectivity index (χ1v) is 7.55. The molecule has 0 saturated heterocycles. The Morgan fingerprint density at radius 3 is 2.56 bits per heavy atom. The molecule has 25 heavy (non-hydrogen) atoms. The highest BCUT2D eigenvalue weighted by molar-refractivity contribution is 5.96. The molecule has 2 aromatic carbocycles. The molecule has 0 aliphatic rings. The van der Waals surface area contributed by atoms with Crippen molar-refractivity contribution in [3.05, 3.63) is 53.1 Å². The van der Waals surface area contributed by atoms with Crippen molar-refractivity contribution in [2.45, 2.75) is 20.1 Å². The Bertz CT molecular complexity index is 766. The van der Waals surface area contributed by atoms with Gasteiger partial charge in [0.1, 0.15) is 0 Å². The van der Waals surface area contributed by atoms with Gasteiger partial charge in [0.25, 0.3) is 5.91 Å². The van der Waals surface area contributed by atoms with Gasteiger partial charge >= 0.3 is 6.61 Å². The van der Waals surface area contributed by atoms with E-state index in [9.17, 15) is 13.6 Å². The summed E-state index contributed by atoms with van der Waals surface area (Å²) in [5.74, 6) is -0.0855. The fraction of sp³-hybridized carbons (Fsp3) is 0.278. The molecule has 5 nitrogen and oxygen atoms in total. The second-order valence-corrected chi connectivity index (χ2v) is 5.60. The number of rotatable bonds is 6. The molecule has 2 rings (SSSR count). The molecule has 7 heteroatoms. The van der Waals surface area contributed by atoms with Crippen LogP contribution in [0.25, 0.3) is 0 Å². The van der Waals surface area contributed by atoms with E-state index in [1.165, 1.54) is 24.1 Å². The molecule has 0 aliphatic heterocycles. The molecule has 2 N–H and O–H groups in total. The van der Waals surface area contributed by atoms with Crippen molar-refractivity contribution < 1.29 is 23.0 Å². The van der Waals surface area contributed by atoms with Crippen molar-refractivity contribution in [2.24, 2.45) is 0 Å². The van der Waals surface area contributed by atoms with Gasteiger partial charge in [-0.1, -0.05) is 12.1 Å². The number of amides is 1. The van der Waals surface area contributed by atoms with Crippen LogP contribution in [-0.2, 0) is 6.54 Å². The van der Waals surface area contributed by atoms with E-state index in [1.807, 2.05) is 6.92 Å². The maximum absolute atomic E-state index is 12.6. The Morgan fingerprint density at radius 1 is 1.20 bits per heavy atom. The number of alkyl halides is 2. The predicted molar refractivity (Wildman–Crippen MR) is 91.0 cm³/mol. The molecule has 0 aliphatic carbocycles. The van der Waals surface area contributed by atoms with E-state index in [-0.39, 0.29) is 24.0 Å². The zero-order valence-corrected chi connectivity index (χ0v) is 14.3. The number of nitrogen functional groups attached to an aromatic ring is 1. The van der Waals surface area contributed by atoms with Gasteiger partial charge in [0, 0.05) is 24.8 Å². The van der Waals surface area contributed by atoms with Gasteiger partial charge in [-0.15, -0.1) is 0 Å². The molecule has 1 amide bonds. The smallest absolute Gasteiger partial charge is 0.387 e. The lowest BCUT2D eigenvalue weighted by Crippen LogP contribution is -2.27. The third-order valence-electron chi connectivity index (χ3n) is 3.70. The third-order valence-corrected chi connectivity index (χ3v) is 3.70. The highest BCUT2D eigenvalue weighted by atomic mass is 19.3. The Morgan fingerprint density at radius 2 is 1.92 bits per heavy atom. The third kappa shape index (κ3) is 4.59. The minimum Gasteiger partial charge on any atom is -0.493 e. The van der Waals surface area contributed by atoms with E-state index < -0.39 is 6.61 Å². The summed E-state index contributed by atoms with van der Waals surface area (Å²) in [5, 5.41) is 0. The number of nitrogens with zero attached hydrogens (tertiary/aromatic N) is 1. The van der Waals surface area contributed by atoms with Gasteiger partial charge in [0.15, 0.2) is 11.5 Å². The molecule has 134 valence electrons. The lowest BCUT2D eigenvalue weighted by molar-refractivity contribution is -0.0512. The number of halogens is 2. The van der Waals surface area contributed by atoms with Gasteiger partial charge in [-0.3, -0.25) is 4.79 Å². The van der Waals surface area contributed by atoms with Crippen LogP contribution < -0.4 is 15.2 Å². The van der Waals surface area contributed by atoms with Crippen molar-refractivity contribution in [3.63, 3.8) is 0 Å². The van der Waals surface area contributed by atoms with Gasteiger partial charge in [-0.2, -0.15) is 8.78 Å². The van der Waals surface area contributed by atoms with Crippen LogP contribution in [0.5, 0.6) is 11.5 Å². The van der Waals surface area contributed by atoms with Crippen LogP contribution in [0.3, 0.4) is 0 Å². The van der Waals surface area contributed by atoms with Gasteiger partial charge in [-0.05, 0) is 42.3 Å². The zero-order chi connectivity index (χ0) is 18.6. The Kier molecular flexibility index (Phi) is 5.80. The van der Waals surface area contributed by atoms with Crippen molar-refractivity contribution in [2.75, 3.05) is 19.9 Å². The molecule has 0 atom stereocenters. The number of benzene rings is 2. The van der Waals surface area contributed by atoms with E-state index in [2.05, 4.69) is 4.74 Å². The highest BCUT2D eigenvalue weighted by Gasteiger charge is 2.17. The maximum Gasteiger partial charge on any atom is 0.387 e. The number of hydrogen-bond acceptors (Lipinski definition) is 4. The molecule has 0 radical (unpaired) electrons. The van der Waals surface area contributed by atoms with Crippen LogP contribution in [-0.4, -0.2) is 31.6 Å². The van der Waals surface area contributed by atoms with E-state index in [1.54, 1.807) is 31.3 Å². The van der Waals surface area contributed by atoms with Crippen molar-refractivity contribution in [1.82, 2.24) is 4.90 Å². The van der Waals surface area contributed by atoms with E-state index in [0.29, 0.717) is 16.8 Å². The topological polar surface area (TPSA) is 64.8 Å². The minimum absolute atomic E-state index is 0.0732. The Hall–Kier alpha value is -2.83. The average Bonchev–Trinajstić information content (AvgIpc) is 2.56. The monoisotopic (exact) mass is 350 g/mol. The highest BCUT2D eigenvalue weighted by Crippen LogP contribution is 2.30. The molecule has 0 unspecified atom stereocenters. The molecule has 0 heterocycles. The maximum atomic E-state index is 12.6. The number of anilines is 1. The van der Waals surface area contributed by atoms with E-state index in [4.69, 9.17) is 10.5 Å². The summed E-state index contributed by atoms with van der Waals surface area (Å²) >= 11 is 0. The SMILES string of the molecule is COc1ccc(CN(C)C(=O)c2cc(N)ccc2C)cc1OC(F)F. The summed E-state index contributed by atoms with van der Waals surface area (Å²) in [7, 11) is 2.99. The molecule has 0 spiro atoms. The number of hydrogen-bond donors (Lipinski definition) is 1. The quantitative estimate of drug-likeness (QED) is 0.811. The molecular weight excluding hydrogens is 330 g/mol. The molecule has 0 bridgehead atoms. The fourth-order valence-corrected chi connectivity index (χ4v) is 2.43. The predicted octanol–water partition coefficient (Wildman–Crippen LogP) is 3.46. The summed E-state index contributed by atoms with van der Waals surface area (Å²) in [6, 6.07) is 9.76. The average molecular weight is 350 g/mol. The molecular formula is C18H20F2N2O3. The minimum atomic E-state index is -2.96. The van der Waals surface area contributed by atoms with Gasteiger partial charge in [-0.25, -0.2) is 0 Å². The first-order chi connectivity index (χ1) is 11.8. The first kappa shape index (κ1) is 18.5. The number of carbonyl (C=O) groups is 1. The van der Waals surface area contributed by atoms with Gasteiger partial charge in [0.2, 0.25) is 0 Å². The van der Waals surface area contributed by atoms with Crippen LogP contribution in [0.4, 0.5) is 14.5 Å². The fourth-order valence-electron chi connectivity index (χ4n) is 2.43. The normalized spacial score (nSPS) is 10.6. The van der Waals surface area contributed by atoms with Crippen LogP contribution in [0.1, 0.15) is 21.5 Å². The van der Waals surface area contributed by atoms with Crippen molar-refractivity contribution in [1.29, 1.82) is 0 Å². The Labute approximate surface area is 144 Å². The summed E-state index contributed by atoms with van der Waals surface area (Å²) in [6.45, 7) is -0.919. The summed E-state index contributed by atoms with van der Waals surface area (Å²) < 4.78 is 34.5. The lowest BCUT2D eigenvalue weighted by atomic mass is 10.1. The first-order valence-electron chi connectivity index (χ1n) is 7.55.